The Hall–Kier alpha value is -2.52. The molecule has 9 heteroatoms. The minimum absolute atomic E-state index is 0.0887. The van der Waals surface area contributed by atoms with E-state index in [0.29, 0.717) is 0 Å². The van der Waals surface area contributed by atoms with Gasteiger partial charge in [0.05, 0.1) is 29.8 Å². The number of benzene rings is 1. The Morgan fingerprint density at radius 3 is 2.64 bits per heavy atom. The van der Waals surface area contributed by atoms with Crippen molar-refractivity contribution in [2.45, 2.75) is 4.90 Å². The van der Waals surface area contributed by atoms with Crippen molar-refractivity contribution in [3.8, 4) is 5.69 Å². The number of rotatable bonds is 4. The summed E-state index contributed by atoms with van der Waals surface area (Å²) in [5.74, 6) is -0.713. The zero-order chi connectivity index (χ0) is 15.6. The summed E-state index contributed by atoms with van der Waals surface area (Å²) < 4.78 is 27.8. The molecule has 3 aromatic rings. The van der Waals surface area contributed by atoms with Gasteiger partial charge < -0.3 is 0 Å². The molecule has 0 fully saturated rings. The molecule has 112 valence electrons. The SMILES string of the molecule is O=C(NS(=O)(=O)c1cnn(-c2ccccc2)c1)c1cncs1. The van der Waals surface area contributed by atoms with Crippen LogP contribution in [0.4, 0.5) is 0 Å². The molecule has 0 aliphatic rings. The minimum atomic E-state index is -3.98. The quantitative estimate of drug-likeness (QED) is 0.779. The van der Waals surface area contributed by atoms with Gasteiger partial charge in [0.2, 0.25) is 0 Å². The molecular formula is C13H10N4O3S2. The van der Waals surface area contributed by atoms with Gasteiger partial charge in [-0.1, -0.05) is 18.2 Å². The first-order chi connectivity index (χ1) is 10.6. The second-order valence-electron chi connectivity index (χ2n) is 4.26. The van der Waals surface area contributed by atoms with Crippen LogP contribution in [0, 0.1) is 0 Å². The van der Waals surface area contributed by atoms with Gasteiger partial charge in [0.1, 0.15) is 9.77 Å². The Morgan fingerprint density at radius 2 is 1.95 bits per heavy atom. The van der Waals surface area contributed by atoms with E-state index >= 15 is 0 Å². The molecule has 0 aliphatic heterocycles. The van der Waals surface area contributed by atoms with Crippen LogP contribution in [0.1, 0.15) is 9.67 Å². The summed E-state index contributed by atoms with van der Waals surface area (Å²) >= 11 is 1.06. The Bertz CT molecular complexity index is 887. The summed E-state index contributed by atoms with van der Waals surface area (Å²) in [5.41, 5.74) is 2.17. The molecule has 1 amide bonds. The molecule has 0 bridgehead atoms. The molecule has 0 radical (unpaired) electrons. The van der Waals surface area contributed by atoms with Crippen LogP contribution in [0.25, 0.3) is 5.69 Å². The largest absolute Gasteiger partial charge is 0.276 e. The highest BCUT2D eigenvalue weighted by atomic mass is 32.2. The Labute approximate surface area is 130 Å². The number of sulfonamides is 1. The highest BCUT2D eigenvalue weighted by Gasteiger charge is 2.21. The molecule has 0 unspecified atom stereocenters. The van der Waals surface area contributed by atoms with Crippen LogP contribution >= 0.6 is 11.3 Å². The van der Waals surface area contributed by atoms with Gasteiger partial charge >= 0.3 is 0 Å². The number of hydrogen-bond donors (Lipinski definition) is 1. The zero-order valence-electron chi connectivity index (χ0n) is 11.1. The first-order valence-corrected chi connectivity index (χ1v) is 8.48. The summed E-state index contributed by atoms with van der Waals surface area (Å²) in [4.78, 5) is 15.7. The van der Waals surface area contributed by atoms with Gasteiger partial charge in [-0.2, -0.15) is 5.10 Å². The lowest BCUT2D eigenvalue weighted by Crippen LogP contribution is -2.29. The molecule has 0 saturated carbocycles. The fraction of sp³-hybridized carbons (Fsp3) is 0. The standard InChI is InChI=1S/C13H10N4O3S2/c18-13(12-7-14-9-21-12)16-22(19,20)11-6-15-17(8-11)10-4-2-1-3-5-10/h1-9H,(H,16,18). The molecule has 2 aromatic heterocycles. The van der Waals surface area contributed by atoms with Crippen LogP contribution in [0.15, 0.2) is 59.3 Å². The van der Waals surface area contributed by atoms with Gasteiger partial charge in [-0.05, 0) is 12.1 Å². The lowest BCUT2D eigenvalue weighted by molar-refractivity contribution is 0.0985. The van der Waals surface area contributed by atoms with Crippen molar-refractivity contribution in [1.82, 2.24) is 19.5 Å². The monoisotopic (exact) mass is 334 g/mol. The maximum Gasteiger partial charge on any atom is 0.276 e. The molecule has 3 rings (SSSR count). The number of carbonyl (C=O) groups is 1. The fourth-order valence-corrected chi connectivity index (χ4v) is 3.20. The minimum Gasteiger partial charge on any atom is -0.267 e. The van der Waals surface area contributed by atoms with Crippen LogP contribution in [-0.4, -0.2) is 29.1 Å². The molecule has 1 N–H and O–H groups in total. The van der Waals surface area contributed by atoms with E-state index in [9.17, 15) is 13.2 Å². The van der Waals surface area contributed by atoms with Gasteiger partial charge in [0.15, 0.2) is 0 Å². The molecule has 0 aliphatic carbocycles. The Morgan fingerprint density at radius 1 is 1.18 bits per heavy atom. The van der Waals surface area contributed by atoms with E-state index in [0.717, 1.165) is 17.0 Å². The number of nitrogens with one attached hydrogen (secondary N) is 1. The van der Waals surface area contributed by atoms with Crippen LogP contribution in [0.3, 0.4) is 0 Å². The van der Waals surface area contributed by atoms with E-state index in [4.69, 9.17) is 0 Å². The Balaban J connectivity index is 1.84. The fourth-order valence-electron chi connectivity index (χ4n) is 1.73. The molecule has 1 aromatic carbocycles. The van der Waals surface area contributed by atoms with Gasteiger partial charge in [0, 0.05) is 0 Å². The summed E-state index contributed by atoms with van der Waals surface area (Å²) in [5, 5.41) is 4.00. The number of amides is 1. The normalized spacial score (nSPS) is 11.3. The molecule has 2 heterocycles. The third kappa shape index (κ3) is 2.90. The second-order valence-corrected chi connectivity index (χ2v) is 6.83. The predicted molar refractivity (Wildman–Crippen MR) is 80.3 cm³/mol. The van der Waals surface area contributed by atoms with Crippen molar-refractivity contribution >= 4 is 27.3 Å². The van der Waals surface area contributed by atoms with Crippen LogP contribution in [-0.2, 0) is 10.0 Å². The van der Waals surface area contributed by atoms with Crippen molar-refractivity contribution in [3.63, 3.8) is 0 Å². The predicted octanol–water partition coefficient (Wildman–Crippen LogP) is 1.45. The molecule has 0 saturated heterocycles. The topological polar surface area (TPSA) is 94.0 Å². The molecule has 22 heavy (non-hydrogen) atoms. The number of carbonyl (C=O) groups excluding carboxylic acids is 1. The number of aromatic nitrogens is 3. The Kier molecular flexibility index (Phi) is 3.73. The average Bonchev–Trinajstić information content (AvgIpc) is 3.20. The van der Waals surface area contributed by atoms with E-state index in [1.807, 2.05) is 22.9 Å². The third-order valence-electron chi connectivity index (χ3n) is 2.77. The maximum absolute atomic E-state index is 12.2. The average molecular weight is 334 g/mol. The third-order valence-corrected chi connectivity index (χ3v) is 4.83. The van der Waals surface area contributed by atoms with E-state index in [1.165, 1.54) is 28.8 Å². The van der Waals surface area contributed by atoms with E-state index < -0.39 is 15.9 Å². The highest BCUT2D eigenvalue weighted by Crippen LogP contribution is 2.13. The van der Waals surface area contributed by atoms with Crippen LogP contribution in [0.5, 0.6) is 0 Å². The number of hydrogen-bond acceptors (Lipinski definition) is 6. The van der Waals surface area contributed by atoms with Crippen molar-refractivity contribution in [2.75, 3.05) is 0 Å². The molecular weight excluding hydrogens is 324 g/mol. The summed E-state index contributed by atoms with van der Waals surface area (Å²) in [6.07, 6.45) is 3.84. The summed E-state index contributed by atoms with van der Waals surface area (Å²) in [6, 6.07) is 9.06. The lowest BCUT2D eigenvalue weighted by atomic mass is 10.3. The van der Waals surface area contributed by atoms with Crippen molar-refractivity contribution in [3.05, 3.63) is 59.3 Å². The van der Waals surface area contributed by atoms with Gasteiger partial charge in [0.25, 0.3) is 15.9 Å². The maximum atomic E-state index is 12.2. The number of nitrogens with zero attached hydrogens (tertiary/aromatic N) is 3. The lowest BCUT2D eigenvalue weighted by Gasteiger charge is -2.03. The van der Waals surface area contributed by atoms with Gasteiger partial charge in [-0.3, -0.25) is 9.78 Å². The molecule has 0 atom stereocenters. The summed E-state index contributed by atoms with van der Waals surface area (Å²) in [7, 11) is -3.98. The van der Waals surface area contributed by atoms with Gasteiger partial charge in [-0.25, -0.2) is 17.8 Å². The molecule has 7 nitrogen and oxygen atoms in total. The first kappa shape index (κ1) is 14.4. The summed E-state index contributed by atoms with van der Waals surface area (Å²) in [6.45, 7) is 0. The van der Waals surface area contributed by atoms with E-state index in [2.05, 4.69) is 10.1 Å². The highest BCUT2D eigenvalue weighted by molar-refractivity contribution is 7.90. The van der Waals surface area contributed by atoms with E-state index in [-0.39, 0.29) is 9.77 Å². The number of para-hydroxylation sites is 1. The second kappa shape index (κ2) is 5.70. The number of thiazole rings is 1. The van der Waals surface area contributed by atoms with Crippen molar-refractivity contribution in [1.29, 1.82) is 0 Å². The van der Waals surface area contributed by atoms with Gasteiger partial charge in [-0.15, -0.1) is 11.3 Å². The van der Waals surface area contributed by atoms with Crippen LogP contribution < -0.4 is 4.72 Å². The van der Waals surface area contributed by atoms with Crippen molar-refractivity contribution in [2.24, 2.45) is 0 Å². The zero-order valence-corrected chi connectivity index (χ0v) is 12.7. The first-order valence-electron chi connectivity index (χ1n) is 6.12. The molecule has 0 spiro atoms. The van der Waals surface area contributed by atoms with Crippen molar-refractivity contribution < 1.29 is 13.2 Å². The van der Waals surface area contributed by atoms with Crippen LogP contribution in [0.2, 0.25) is 0 Å². The van der Waals surface area contributed by atoms with E-state index in [1.54, 1.807) is 12.1 Å². The smallest absolute Gasteiger partial charge is 0.267 e.